The summed E-state index contributed by atoms with van der Waals surface area (Å²) >= 11 is 0. The molecule has 4 amide bonds. The molecule has 2 N–H and O–H groups in total. The number of nitrogens with one attached hydrogen (secondary N) is 2. The number of aromatic nitrogens is 1. The molecule has 12 heteroatoms. The minimum absolute atomic E-state index is 0.0573. The number of piperidine rings is 2. The number of fused-ring (bicyclic) bond motifs is 5. The fraction of sp³-hybridized carbons (Fsp3) is 0.490. The summed E-state index contributed by atoms with van der Waals surface area (Å²) in [6, 6.07) is 15.7. The maximum absolute atomic E-state index is 14.1. The van der Waals surface area contributed by atoms with E-state index in [1.807, 2.05) is 24.3 Å². The van der Waals surface area contributed by atoms with E-state index in [9.17, 15) is 24.0 Å². The Morgan fingerprint density at radius 1 is 0.857 bits per heavy atom. The first kappa shape index (κ1) is 42.5. The number of piperazine rings is 1. The van der Waals surface area contributed by atoms with Gasteiger partial charge in [-0.3, -0.25) is 34.2 Å². The molecular weight excluding hydrogens is 791 g/mol. The molecule has 0 radical (unpaired) electrons. The molecule has 3 saturated heterocycles. The number of anilines is 1. The minimum atomic E-state index is -0.599. The molecule has 0 bridgehead atoms. The van der Waals surface area contributed by atoms with Crippen molar-refractivity contribution >= 4 is 51.7 Å². The molecule has 1 atom stereocenters. The highest BCUT2D eigenvalue weighted by molar-refractivity contribution is 6.20. The number of carbonyl (C=O) groups is 5. The summed E-state index contributed by atoms with van der Waals surface area (Å²) in [5.74, 6) is -0.466. The summed E-state index contributed by atoms with van der Waals surface area (Å²) in [6.07, 6.45) is 10.1. The van der Waals surface area contributed by atoms with Crippen LogP contribution < -0.4 is 10.2 Å². The SMILES string of the molecule is [C-]#[N+]c1ccc2c3c([nH]c2c1)C(C)(C)c1cc(N2CCC(N4CCN(C(=O)CCCCCCCc5cccc6c5CN(C5CCC(=O)NC5=O)C6=O)CC4)CC2)c(CC)cc1C3=O. The molecule has 1 aromatic heterocycles. The average molecular weight is 850 g/mol. The van der Waals surface area contributed by atoms with Crippen molar-refractivity contribution in [3.63, 3.8) is 0 Å². The first-order chi connectivity index (χ1) is 30.5. The predicted octanol–water partition coefficient (Wildman–Crippen LogP) is 7.61. The zero-order valence-electron chi connectivity index (χ0n) is 37.0. The molecule has 3 fully saturated rings. The zero-order valence-corrected chi connectivity index (χ0v) is 37.0. The maximum Gasteiger partial charge on any atom is 0.255 e. The van der Waals surface area contributed by atoms with Crippen LogP contribution in [0.3, 0.4) is 0 Å². The van der Waals surface area contributed by atoms with E-state index in [0.29, 0.717) is 36.7 Å². The third-order valence-corrected chi connectivity index (χ3v) is 14.8. The van der Waals surface area contributed by atoms with Gasteiger partial charge in [-0.2, -0.15) is 0 Å². The van der Waals surface area contributed by atoms with Gasteiger partial charge in [0.2, 0.25) is 17.7 Å². The molecule has 0 spiro atoms. The third kappa shape index (κ3) is 7.94. The Balaban J connectivity index is 0.711. The third-order valence-electron chi connectivity index (χ3n) is 14.8. The molecule has 4 aliphatic heterocycles. The van der Waals surface area contributed by atoms with Gasteiger partial charge >= 0.3 is 0 Å². The number of amides is 4. The van der Waals surface area contributed by atoms with Gasteiger partial charge in [-0.05, 0) is 91.5 Å². The number of nitrogens with zero attached hydrogens (tertiary/aromatic N) is 5. The molecular formula is C51H59N7O5. The van der Waals surface area contributed by atoms with E-state index in [0.717, 1.165) is 141 Å². The fourth-order valence-corrected chi connectivity index (χ4v) is 11.1. The number of H-pyrrole nitrogens is 1. The van der Waals surface area contributed by atoms with Crippen molar-refractivity contribution in [2.45, 2.75) is 122 Å². The molecule has 0 saturated carbocycles. The van der Waals surface area contributed by atoms with E-state index in [2.05, 4.69) is 68.8 Å². The van der Waals surface area contributed by atoms with Gasteiger partial charge in [-0.15, -0.1) is 0 Å². The lowest BCUT2D eigenvalue weighted by atomic mass is 9.70. The van der Waals surface area contributed by atoms with E-state index >= 15 is 0 Å². The number of hydrogen-bond donors (Lipinski definition) is 2. The van der Waals surface area contributed by atoms with E-state index in [-0.39, 0.29) is 35.8 Å². The van der Waals surface area contributed by atoms with Gasteiger partial charge in [-0.1, -0.05) is 64.3 Å². The van der Waals surface area contributed by atoms with Crippen molar-refractivity contribution in [2.75, 3.05) is 44.2 Å². The molecule has 1 aliphatic carbocycles. The number of benzene rings is 3. The number of rotatable bonds is 12. The Kier molecular flexibility index (Phi) is 11.7. The summed E-state index contributed by atoms with van der Waals surface area (Å²) in [4.78, 5) is 80.6. The van der Waals surface area contributed by atoms with E-state index in [4.69, 9.17) is 6.57 Å². The molecule has 63 heavy (non-hydrogen) atoms. The van der Waals surface area contributed by atoms with Crippen LogP contribution in [0.15, 0.2) is 48.5 Å². The topological polar surface area (TPSA) is 130 Å². The van der Waals surface area contributed by atoms with Crippen molar-refractivity contribution < 1.29 is 24.0 Å². The molecule has 12 nitrogen and oxygen atoms in total. The highest BCUT2D eigenvalue weighted by Crippen LogP contribution is 2.46. The monoisotopic (exact) mass is 849 g/mol. The Bertz CT molecular complexity index is 2530. The Morgan fingerprint density at radius 3 is 2.37 bits per heavy atom. The fourth-order valence-electron chi connectivity index (χ4n) is 11.1. The molecule has 3 aromatic carbocycles. The number of carbonyl (C=O) groups excluding carboxylic acids is 5. The summed E-state index contributed by atoms with van der Waals surface area (Å²) in [5, 5.41) is 3.26. The largest absolute Gasteiger partial charge is 0.371 e. The van der Waals surface area contributed by atoms with Gasteiger partial charge in [0.15, 0.2) is 11.5 Å². The van der Waals surface area contributed by atoms with Crippen LogP contribution in [0.5, 0.6) is 0 Å². The van der Waals surface area contributed by atoms with E-state index in [1.165, 1.54) is 11.3 Å². The van der Waals surface area contributed by atoms with Crippen LogP contribution >= 0.6 is 0 Å². The minimum Gasteiger partial charge on any atom is -0.371 e. The number of aryl methyl sites for hydroxylation is 2. The lowest BCUT2D eigenvalue weighted by Gasteiger charge is -2.44. The number of hydrogen-bond acceptors (Lipinski definition) is 7. The van der Waals surface area contributed by atoms with Gasteiger partial charge in [-0.25, -0.2) is 4.85 Å². The smallest absolute Gasteiger partial charge is 0.255 e. The van der Waals surface area contributed by atoms with Gasteiger partial charge in [0.1, 0.15) is 6.04 Å². The molecule has 328 valence electrons. The molecule has 5 heterocycles. The predicted molar refractivity (Wildman–Crippen MR) is 243 cm³/mol. The maximum atomic E-state index is 14.1. The van der Waals surface area contributed by atoms with Crippen LogP contribution in [0.2, 0.25) is 0 Å². The first-order valence-electron chi connectivity index (χ1n) is 23.2. The van der Waals surface area contributed by atoms with Crippen LogP contribution in [0.1, 0.15) is 139 Å². The van der Waals surface area contributed by atoms with Crippen LogP contribution in [0.4, 0.5) is 11.4 Å². The number of imide groups is 1. The lowest BCUT2D eigenvalue weighted by Crippen LogP contribution is -2.54. The van der Waals surface area contributed by atoms with E-state index < -0.39 is 11.5 Å². The van der Waals surface area contributed by atoms with Crippen molar-refractivity contribution in [3.05, 3.63) is 105 Å². The highest BCUT2D eigenvalue weighted by atomic mass is 16.2. The van der Waals surface area contributed by atoms with Crippen molar-refractivity contribution in [1.29, 1.82) is 0 Å². The lowest BCUT2D eigenvalue weighted by molar-refractivity contribution is -0.137. The van der Waals surface area contributed by atoms with Crippen molar-refractivity contribution in [2.24, 2.45) is 0 Å². The second-order valence-corrected chi connectivity index (χ2v) is 18.8. The van der Waals surface area contributed by atoms with Crippen LogP contribution in [-0.4, -0.2) is 100 Å². The van der Waals surface area contributed by atoms with Gasteiger partial charge < -0.3 is 19.7 Å². The molecule has 9 rings (SSSR count). The second kappa shape index (κ2) is 17.4. The van der Waals surface area contributed by atoms with Gasteiger partial charge in [0, 0.05) is 104 Å². The molecule has 1 unspecified atom stereocenters. The van der Waals surface area contributed by atoms with E-state index in [1.54, 1.807) is 11.0 Å². The van der Waals surface area contributed by atoms with Crippen molar-refractivity contribution in [3.8, 4) is 0 Å². The number of unbranched alkanes of at least 4 members (excludes halogenated alkanes) is 4. The van der Waals surface area contributed by atoms with Crippen LogP contribution in [-0.2, 0) is 39.2 Å². The molecule has 4 aromatic rings. The summed E-state index contributed by atoms with van der Waals surface area (Å²) in [6.45, 7) is 19.8. The number of aromatic amines is 1. The average Bonchev–Trinajstić information content (AvgIpc) is 3.86. The standard InChI is InChI=1S/C51H59N7O5/c1-5-32-28-38-40(51(2,3)48-46(47(38)61)37-17-16-34(52-4)29-41(37)53-48)30-43(32)56-22-20-35(21-23-56)55-24-26-57(27-25-55)45(60)15-10-8-6-7-9-12-33-13-11-14-36-39(33)31-58(50(36)63)42-18-19-44(59)54-49(42)62/h11,13-14,16-17,28-30,35,42,53H,5-10,12,15,18-27,31H2,1-3H3,(H,54,59,62). The Labute approximate surface area is 370 Å². The number of ketones is 1. The quantitative estimate of drug-likeness (QED) is 0.0853. The van der Waals surface area contributed by atoms with Crippen LogP contribution in [0, 0.1) is 6.57 Å². The molecule has 5 aliphatic rings. The Hall–Kier alpha value is -5.80. The highest BCUT2D eigenvalue weighted by Gasteiger charge is 2.42. The van der Waals surface area contributed by atoms with Crippen molar-refractivity contribution in [1.82, 2.24) is 25.0 Å². The summed E-state index contributed by atoms with van der Waals surface area (Å²) in [7, 11) is 0. The van der Waals surface area contributed by atoms with Gasteiger partial charge in [0.25, 0.3) is 5.91 Å². The van der Waals surface area contributed by atoms with Gasteiger partial charge in [0.05, 0.1) is 12.1 Å². The second-order valence-electron chi connectivity index (χ2n) is 18.8. The summed E-state index contributed by atoms with van der Waals surface area (Å²) in [5.41, 5.74) is 9.76. The normalized spacial score (nSPS) is 20.2. The summed E-state index contributed by atoms with van der Waals surface area (Å²) < 4.78 is 0. The zero-order chi connectivity index (χ0) is 44.0. The Morgan fingerprint density at radius 2 is 1.62 bits per heavy atom. The van der Waals surface area contributed by atoms with Crippen LogP contribution in [0.25, 0.3) is 15.7 Å². The first-order valence-corrected chi connectivity index (χ1v) is 23.2.